The predicted molar refractivity (Wildman–Crippen MR) is 66.9 cm³/mol. The van der Waals surface area contributed by atoms with Crippen molar-refractivity contribution in [1.29, 1.82) is 0 Å². The van der Waals surface area contributed by atoms with Crippen LogP contribution in [0.1, 0.15) is 44.9 Å². The highest BCUT2D eigenvalue weighted by atomic mass is 32.2. The van der Waals surface area contributed by atoms with Crippen LogP contribution in [0.4, 0.5) is 0 Å². The van der Waals surface area contributed by atoms with Crippen molar-refractivity contribution in [3.05, 3.63) is 12.7 Å². The Kier molecular flexibility index (Phi) is 13.1. The van der Waals surface area contributed by atoms with E-state index >= 15 is 0 Å². The summed E-state index contributed by atoms with van der Waals surface area (Å²) in [6, 6.07) is 0. The van der Waals surface area contributed by atoms with Crippen LogP contribution in [0.3, 0.4) is 0 Å². The molecule has 0 atom stereocenters. The van der Waals surface area contributed by atoms with Gasteiger partial charge in [0.1, 0.15) is 0 Å². The summed E-state index contributed by atoms with van der Waals surface area (Å²) in [5, 5.41) is 8.58. The molecule has 0 aromatic carbocycles. The molecule has 0 radical (unpaired) electrons. The molecule has 1 nitrogen and oxygen atoms in total. The monoisotopic (exact) mass is 216 g/mol. The molecule has 0 fully saturated rings. The Morgan fingerprint density at radius 1 is 0.929 bits per heavy atom. The van der Waals surface area contributed by atoms with E-state index in [0.717, 1.165) is 12.2 Å². The predicted octanol–water partition coefficient (Wildman–Crippen LogP) is 3.63. The standard InChI is InChI=1S/C12H24OS/c1-2-11-14-12-9-7-5-3-4-6-8-10-13/h2,13H,1,3-12H2. The zero-order valence-corrected chi connectivity index (χ0v) is 10.0. The lowest BCUT2D eigenvalue weighted by Crippen LogP contribution is -1.85. The molecule has 0 bridgehead atoms. The molecule has 0 saturated heterocycles. The number of rotatable bonds is 11. The number of hydrogen-bond acceptors (Lipinski definition) is 2. The maximum absolute atomic E-state index is 8.58. The summed E-state index contributed by atoms with van der Waals surface area (Å²) in [6.45, 7) is 4.05. The average Bonchev–Trinajstić information content (AvgIpc) is 2.21. The van der Waals surface area contributed by atoms with E-state index in [4.69, 9.17) is 5.11 Å². The molecule has 0 aromatic heterocycles. The molecule has 1 N–H and O–H groups in total. The van der Waals surface area contributed by atoms with Crippen LogP contribution < -0.4 is 0 Å². The van der Waals surface area contributed by atoms with Gasteiger partial charge in [-0.1, -0.05) is 38.2 Å². The molecule has 0 rings (SSSR count). The van der Waals surface area contributed by atoms with Crippen LogP contribution in [0.15, 0.2) is 12.7 Å². The molecule has 0 saturated carbocycles. The minimum absolute atomic E-state index is 0.359. The van der Waals surface area contributed by atoms with Gasteiger partial charge in [-0.3, -0.25) is 0 Å². The number of aliphatic hydroxyl groups excluding tert-OH is 1. The normalized spacial score (nSPS) is 10.4. The first-order valence-corrected chi connectivity index (χ1v) is 6.86. The zero-order chi connectivity index (χ0) is 10.5. The van der Waals surface area contributed by atoms with Crippen molar-refractivity contribution in [2.75, 3.05) is 18.1 Å². The van der Waals surface area contributed by atoms with Crippen LogP contribution in [-0.4, -0.2) is 23.2 Å². The molecular weight excluding hydrogens is 192 g/mol. The first-order chi connectivity index (χ1) is 6.91. The molecule has 0 unspecified atom stereocenters. The molecule has 0 aromatic rings. The van der Waals surface area contributed by atoms with Gasteiger partial charge in [0.25, 0.3) is 0 Å². The van der Waals surface area contributed by atoms with E-state index in [1.807, 2.05) is 17.8 Å². The third-order valence-corrected chi connectivity index (χ3v) is 3.23. The van der Waals surface area contributed by atoms with Crippen molar-refractivity contribution < 1.29 is 5.11 Å². The van der Waals surface area contributed by atoms with Crippen molar-refractivity contribution in [2.45, 2.75) is 44.9 Å². The zero-order valence-electron chi connectivity index (χ0n) is 9.21. The van der Waals surface area contributed by atoms with Crippen LogP contribution in [0, 0.1) is 0 Å². The van der Waals surface area contributed by atoms with Crippen molar-refractivity contribution in [3.63, 3.8) is 0 Å². The van der Waals surface area contributed by atoms with E-state index in [2.05, 4.69) is 6.58 Å². The van der Waals surface area contributed by atoms with E-state index in [0.29, 0.717) is 6.61 Å². The van der Waals surface area contributed by atoms with Gasteiger partial charge in [0.15, 0.2) is 0 Å². The Hall–Kier alpha value is 0.0500. The topological polar surface area (TPSA) is 20.2 Å². The van der Waals surface area contributed by atoms with E-state index in [-0.39, 0.29) is 0 Å². The largest absolute Gasteiger partial charge is 0.396 e. The Morgan fingerprint density at radius 2 is 1.50 bits per heavy atom. The van der Waals surface area contributed by atoms with Crippen molar-refractivity contribution in [3.8, 4) is 0 Å². The fourth-order valence-corrected chi connectivity index (χ4v) is 2.11. The number of aliphatic hydroxyl groups is 1. The Labute approximate surface area is 93.0 Å². The summed E-state index contributed by atoms with van der Waals surface area (Å²) < 4.78 is 0. The summed E-state index contributed by atoms with van der Waals surface area (Å²) in [6.07, 6.45) is 10.9. The fourth-order valence-electron chi connectivity index (χ4n) is 1.37. The van der Waals surface area contributed by atoms with Crippen molar-refractivity contribution in [1.82, 2.24) is 0 Å². The van der Waals surface area contributed by atoms with Crippen LogP contribution in [0.5, 0.6) is 0 Å². The highest BCUT2D eigenvalue weighted by molar-refractivity contribution is 7.99. The molecule has 84 valence electrons. The molecular formula is C12H24OS. The van der Waals surface area contributed by atoms with Gasteiger partial charge in [-0.05, 0) is 18.6 Å². The van der Waals surface area contributed by atoms with Crippen LogP contribution in [-0.2, 0) is 0 Å². The maximum atomic E-state index is 8.58. The number of hydrogen-bond donors (Lipinski definition) is 1. The summed E-state index contributed by atoms with van der Waals surface area (Å²) >= 11 is 1.97. The first-order valence-electron chi connectivity index (χ1n) is 5.71. The average molecular weight is 216 g/mol. The second-order valence-corrected chi connectivity index (χ2v) is 4.71. The highest BCUT2D eigenvalue weighted by Gasteiger charge is 1.91. The van der Waals surface area contributed by atoms with E-state index in [1.54, 1.807) is 0 Å². The Morgan fingerprint density at radius 3 is 2.07 bits per heavy atom. The quantitative estimate of drug-likeness (QED) is 0.420. The summed E-state index contributed by atoms with van der Waals surface area (Å²) in [7, 11) is 0. The Bertz CT molecular complexity index is 115. The fraction of sp³-hybridized carbons (Fsp3) is 0.833. The minimum atomic E-state index is 0.359. The van der Waals surface area contributed by atoms with Gasteiger partial charge < -0.3 is 5.11 Å². The molecule has 0 aliphatic heterocycles. The van der Waals surface area contributed by atoms with Gasteiger partial charge in [0, 0.05) is 12.4 Å². The van der Waals surface area contributed by atoms with Gasteiger partial charge in [-0.25, -0.2) is 0 Å². The highest BCUT2D eigenvalue weighted by Crippen LogP contribution is 2.10. The second-order valence-electron chi connectivity index (χ2n) is 3.56. The summed E-state index contributed by atoms with van der Waals surface area (Å²) in [5.41, 5.74) is 0. The van der Waals surface area contributed by atoms with Crippen LogP contribution in [0.25, 0.3) is 0 Å². The summed E-state index contributed by atoms with van der Waals surface area (Å²) in [4.78, 5) is 0. The van der Waals surface area contributed by atoms with Gasteiger partial charge in [0.05, 0.1) is 0 Å². The van der Waals surface area contributed by atoms with Crippen molar-refractivity contribution in [2.24, 2.45) is 0 Å². The molecule has 2 heteroatoms. The molecule has 0 aliphatic rings. The van der Waals surface area contributed by atoms with E-state index in [1.165, 1.54) is 44.3 Å². The molecule has 0 heterocycles. The van der Waals surface area contributed by atoms with Gasteiger partial charge in [-0.15, -0.1) is 6.58 Å². The lowest BCUT2D eigenvalue weighted by molar-refractivity contribution is 0.282. The van der Waals surface area contributed by atoms with Crippen LogP contribution in [0.2, 0.25) is 0 Å². The molecule has 0 aliphatic carbocycles. The third-order valence-electron chi connectivity index (χ3n) is 2.18. The molecule has 0 amide bonds. The first kappa shape index (κ1) is 14.1. The lowest BCUT2D eigenvalue weighted by Gasteiger charge is -2.00. The van der Waals surface area contributed by atoms with Gasteiger partial charge >= 0.3 is 0 Å². The van der Waals surface area contributed by atoms with Crippen LogP contribution >= 0.6 is 11.8 Å². The lowest BCUT2D eigenvalue weighted by atomic mass is 10.1. The van der Waals surface area contributed by atoms with E-state index in [9.17, 15) is 0 Å². The van der Waals surface area contributed by atoms with Gasteiger partial charge in [-0.2, -0.15) is 11.8 Å². The SMILES string of the molecule is C=CCSCCCCCCCCCO. The van der Waals surface area contributed by atoms with Gasteiger partial charge in [0.2, 0.25) is 0 Å². The second kappa shape index (κ2) is 13.1. The van der Waals surface area contributed by atoms with E-state index < -0.39 is 0 Å². The number of thioether (sulfide) groups is 1. The maximum Gasteiger partial charge on any atom is 0.0431 e. The smallest absolute Gasteiger partial charge is 0.0431 e. The minimum Gasteiger partial charge on any atom is -0.396 e. The van der Waals surface area contributed by atoms with Crippen molar-refractivity contribution >= 4 is 11.8 Å². The molecule has 0 spiro atoms. The number of unbranched alkanes of at least 4 members (excludes halogenated alkanes) is 6. The third kappa shape index (κ3) is 12.0. The summed E-state index contributed by atoms with van der Waals surface area (Å²) in [5.74, 6) is 2.37. The molecule has 14 heavy (non-hydrogen) atoms. The Balaban J connectivity index is 2.81.